The van der Waals surface area contributed by atoms with Crippen LogP contribution >= 0.6 is 0 Å². The van der Waals surface area contributed by atoms with Crippen LogP contribution in [0.4, 0.5) is 39.9 Å². The molecular formula is C52H47N4OPt-3. The van der Waals surface area contributed by atoms with Crippen molar-refractivity contribution in [1.29, 1.82) is 0 Å². The van der Waals surface area contributed by atoms with Gasteiger partial charge in [-0.05, 0) is 101 Å². The number of anilines is 7. The molecule has 0 saturated heterocycles. The molecule has 1 aromatic heterocycles. The summed E-state index contributed by atoms with van der Waals surface area (Å²) in [6, 6.07) is 52.4. The van der Waals surface area contributed by atoms with E-state index in [9.17, 15) is 0 Å². The number of aromatic nitrogens is 1. The Labute approximate surface area is 358 Å². The molecule has 0 atom stereocenters. The third kappa shape index (κ3) is 7.11. The number of rotatable bonds is 5. The maximum atomic E-state index is 6.70. The smallest absolute Gasteiger partial charge is 0.135 e. The molecule has 0 N–H and O–H groups in total. The first kappa shape index (κ1) is 39.2. The van der Waals surface area contributed by atoms with E-state index in [0.717, 1.165) is 56.6 Å². The van der Waals surface area contributed by atoms with Crippen molar-refractivity contribution in [1.82, 2.24) is 4.98 Å². The molecule has 0 bridgehead atoms. The zero-order valence-corrected chi connectivity index (χ0v) is 36.6. The summed E-state index contributed by atoms with van der Waals surface area (Å²) in [6.45, 7) is 19.9. The van der Waals surface area contributed by atoms with Crippen LogP contribution in [-0.2, 0) is 31.9 Å². The Kier molecular flexibility index (Phi) is 10.1. The van der Waals surface area contributed by atoms with E-state index in [-0.39, 0.29) is 31.9 Å². The van der Waals surface area contributed by atoms with Gasteiger partial charge < -0.3 is 19.4 Å². The summed E-state index contributed by atoms with van der Waals surface area (Å²) in [4.78, 5) is 11.7. The van der Waals surface area contributed by atoms with Gasteiger partial charge in [0, 0.05) is 61.4 Å². The second kappa shape index (κ2) is 14.9. The second-order valence-corrected chi connectivity index (χ2v) is 17.2. The van der Waals surface area contributed by atoms with Crippen molar-refractivity contribution in [3.8, 4) is 33.8 Å². The van der Waals surface area contributed by atoms with E-state index in [2.05, 4.69) is 198 Å². The summed E-state index contributed by atoms with van der Waals surface area (Å²) in [7, 11) is 0. The van der Waals surface area contributed by atoms with Crippen LogP contribution in [0.3, 0.4) is 0 Å². The molecule has 58 heavy (non-hydrogen) atoms. The summed E-state index contributed by atoms with van der Waals surface area (Å²) >= 11 is 0. The first-order chi connectivity index (χ1) is 27.3. The van der Waals surface area contributed by atoms with E-state index in [0.29, 0.717) is 11.5 Å². The average molecular weight is 939 g/mol. The molecule has 294 valence electrons. The van der Waals surface area contributed by atoms with Gasteiger partial charge in [0.15, 0.2) is 0 Å². The van der Waals surface area contributed by atoms with Gasteiger partial charge in [-0.2, -0.15) is 12.1 Å². The monoisotopic (exact) mass is 938 g/mol. The Morgan fingerprint density at radius 2 is 1.19 bits per heavy atom. The average Bonchev–Trinajstić information content (AvgIpc) is 3.54. The van der Waals surface area contributed by atoms with Crippen molar-refractivity contribution in [3.05, 3.63) is 175 Å². The van der Waals surface area contributed by atoms with E-state index < -0.39 is 0 Å². The van der Waals surface area contributed by atoms with Crippen LogP contribution in [0, 0.1) is 32.6 Å². The van der Waals surface area contributed by atoms with Crippen LogP contribution in [0.25, 0.3) is 22.3 Å². The number of pyridine rings is 1. The molecular weight excluding hydrogens is 892 g/mol. The van der Waals surface area contributed by atoms with Gasteiger partial charge in [0.25, 0.3) is 0 Å². The molecule has 0 radical (unpaired) electrons. The fourth-order valence-corrected chi connectivity index (χ4v) is 7.82. The Morgan fingerprint density at radius 3 is 1.90 bits per heavy atom. The molecule has 2 aliphatic heterocycles. The van der Waals surface area contributed by atoms with Crippen molar-refractivity contribution < 1.29 is 25.8 Å². The van der Waals surface area contributed by atoms with Gasteiger partial charge in [0.1, 0.15) is 5.82 Å². The number of aryl methyl sites for hydroxylation is 2. The number of hydrogen-bond donors (Lipinski definition) is 0. The molecule has 7 aromatic rings. The van der Waals surface area contributed by atoms with E-state index in [1.165, 1.54) is 27.8 Å². The van der Waals surface area contributed by atoms with Crippen molar-refractivity contribution in [2.75, 3.05) is 14.7 Å². The fraction of sp³-hybridized carbons (Fsp3) is 0.192. The molecule has 6 heteroatoms. The normalized spacial score (nSPS) is 13.2. The number of ether oxygens (including phenoxy) is 1. The van der Waals surface area contributed by atoms with Gasteiger partial charge >= 0.3 is 0 Å². The van der Waals surface area contributed by atoms with E-state index >= 15 is 0 Å². The van der Waals surface area contributed by atoms with Crippen LogP contribution in [0.1, 0.15) is 63.8 Å². The standard InChI is InChI=1S/C52H47N4O.Pt/c1-34-28-45-43-17-10-9-16-42(43)44-25-24-41(32-49(44)56(48(45)29-35(34)2)50-30-37(26-27-53-50)52(6,7)8)57-40-15-13-14-39(31-40)55-33-54(46-18-11-12-19-47(46)55)38-22-20-36(21-23-38)51(3,4)5;/h9-30,33H,1-8H3;/q-3;. The maximum Gasteiger partial charge on any atom is 0.135 e. The molecule has 0 spiro atoms. The number of fused-ring (bicyclic) bond motifs is 6. The van der Waals surface area contributed by atoms with E-state index in [4.69, 9.17) is 9.72 Å². The van der Waals surface area contributed by atoms with Crippen LogP contribution in [-0.4, -0.2) is 4.98 Å². The predicted octanol–water partition coefficient (Wildman–Crippen LogP) is 14.2. The van der Waals surface area contributed by atoms with Crippen molar-refractivity contribution in [2.45, 2.75) is 66.2 Å². The third-order valence-corrected chi connectivity index (χ3v) is 11.2. The predicted molar refractivity (Wildman–Crippen MR) is 236 cm³/mol. The Balaban J connectivity index is 0.00000469. The van der Waals surface area contributed by atoms with Crippen LogP contribution < -0.4 is 19.4 Å². The quantitative estimate of drug-likeness (QED) is 0.161. The Morgan fingerprint density at radius 1 is 0.552 bits per heavy atom. The van der Waals surface area contributed by atoms with Crippen molar-refractivity contribution >= 4 is 39.9 Å². The SMILES string of the molecule is Cc1cc2c(cc1C)N(c1cc(C(C)(C)C)ccn1)c1[c-]c(Oc3[c-]c(N4[CH-]N(c5ccc(C(C)(C)C)cc5)c5ccccc54)ccc3)ccc1-c1ccccc1-2.[Pt]. The summed E-state index contributed by atoms with van der Waals surface area (Å²) < 4.78 is 6.70. The second-order valence-electron chi connectivity index (χ2n) is 17.2. The largest absolute Gasteiger partial charge is 0.509 e. The van der Waals surface area contributed by atoms with Crippen molar-refractivity contribution in [3.63, 3.8) is 0 Å². The van der Waals surface area contributed by atoms with Gasteiger partial charge in [0.05, 0.1) is 5.69 Å². The van der Waals surface area contributed by atoms with E-state index in [1.54, 1.807) is 0 Å². The number of nitrogens with zero attached hydrogens (tertiary/aromatic N) is 4. The minimum absolute atomic E-state index is 0. The molecule has 0 amide bonds. The van der Waals surface area contributed by atoms with Gasteiger partial charge in [-0.25, -0.2) is 4.98 Å². The summed E-state index contributed by atoms with van der Waals surface area (Å²) in [5.41, 5.74) is 15.6. The zero-order chi connectivity index (χ0) is 39.6. The first-order valence-electron chi connectivity index (χ1n) is 19.7. The molecule has 6 aromatic carbocycles. The minimum atomic E-state index is -0.0575. The summed E-state index contributed by atoms with van der Waals surface area (Å²) in [5, 5.41) is 0. The zero-order valence-electron chi connectivity index (χ0n) is 34.3. The molecule has 5 nitrogen and oxygen atoms in total. The molecule has 9 rings (SSSR count). The number of benzene rings is 6. The maximum absolute atomic E-state index is 6.70. The van der Waals surface area contributed by atoms with Crippen LogP contribution in [0.2, 0.25) is 0 Å². The molecule has 0 saturated carbocycles. The topological polar surface area (TPSA) is 31.8 Å². The minimum Gasteiger partial charge on any atom is -0.509 e. The summed E-state index contributed by atoms with van der Waals surface area (Å²) in [6.07, 6.45) is 1.92. The number of para-hydroxylation sites is 2. The van der Waals surface area contributed by atoms with Gasteiger partial charge in [-0.3, -0.25) is 0 Å². The third-order valence-electron chi connectivity index (χ3n) is 11.2. The van der Waals surface area contributed by atoms with E-state index in [1.807, 2.05) is 24.4 Å². The van der Waals surface area contributed by atoms with Gasteiger partial charge in [0.2, 0.25) is 0 Å². The van der Waals surface area contributed by atoms with Crippen LogP contribution in [0.15, 0.2) is 134 Å². The Hall–Kier alpha value is -5.64. The van der Waals surface area contributed by atoms with Crippen LogP contribution in [0.5, 0.6) is 11.5 Å². The molecule has 0 fully saturated rings. The fourth-order valence-electron chi connectivity index (χ4n) is 7.82. The Bertz CT molecular complexity index is 2650. The molecule has 2 aliphatic rings. The first-order valence-corrected chi connectivity index (χ1v) is 19.7. The molecule has 3 heterocycles. The van der Waals surface area contributed by atoms with Gasteiger partial charge in [-0.1, -0.05) is 101 Å². The van der Waals surface area contributed by atoms with Crippen molar-refractivity contribution in [2.24, 2.45) is 0 Å². The number of hydrogen-bond acceptors (Lipinski definition) is 5. The molecule has 0 unspecified atom stereocenters. The summed E-state index contributed by atoms with van der Waals surface area (Å²) in [5.74, 6) is 2.03. The van der Waals surface area contributed by atoms with Gasteiger partial charge in [-0.15, -0.1) is 48.3 Å². The molecule has 0 aliphatic carbocycles.